The minimum Gasteiger partial charge on any atom is -0.368 e. The van der Waals surface area contributed by atoms with Crippen molar-refractivity contribution in [2.24, 2.45) is 5.73 Å². The van der Waals surface area contributed by atoms with Gasteiger partial charge in [-0.15, -0.1) is 0 Å². The van der Waals surface area contributed by atoms with Crippen LogP contribution in [0.3, 0.4) is 0 Å². The molecule has 0 spiro atoms. The van der Waals surface area contributed by atoms with Crippen LogP contribution in [-0.4, -0.2) is 39.4 Å². The Morgan fingerprint density at radius 3 is 2.92 bits per heavy atom. The van der Waals surface area contributed by atoms with Crippen molar-refractivity contribution in [3.05, 3.63) is 52.8 Å². The molecule has 2 aromatic rings. The Bertz CT molecular complexity index is 808. The van der Waals surface area contributed by atoms with Crippen molar-refractivity contribution in [3.63, 3.8) is 0 Å². The number of piperidine rings is 1. The van der Waals surface area contributed by atoms with Gasteiger partial charge in [0.25, 0.3) is 5.91 Å². The Kier molecular flexibility index (Phi) is 5.03. The molecule has 0 aliphatic carbocycles. The normalized spacial score (nSPS) is 17.5. The lowest BCUT2D eigenvalue weighted by Crippen LogP contribution is -2.40. The molecule has 6 nitrogen and oxygen atoms in total. The molecule has 0 saturated carbocycles. The van der Waals surface area contributed by atoms with E-state index in [1.807, 2.05) is 0 Å². The van der Waals surface area contributed by atoms with Gasteiger partial charge in [0, 0.05) is 31.4 Å². The van der Waals surface area contributed by atoms with Gasteiger partial charge in [0.15, 0.2) is 0 Å². The van der Waals surface area contributed by atoms with E-state index in [0.717, 1.165) is 24.7 Å². The van der Waals surface area contributed by atoms with E-state index in [4.69, 9.17) is 17.3 Å². The molecule has 132 valence electrons. The van der Waals surface area contributed by atoms with Crippen molar-refractivity contribution < 1.29 is 14.0 Å². The molecule has 1 aromatic heterocycles. The molecule has 2 amide bonds. The topological polar surface area (TPSA) is 81.2 Å². The second kappa shape index (κ2) is 7.23. The summed E-state index contributed by atoms with van der Waals surface area (Å²) in [6.45, 7) is 1.12. The summed E-state index contributed by atoms with van der Waals surface area (Å²) in [5.41, 5.74) is 5.55. The minimum atomic E-state index is -0.480. The Morgan fingerprint density at radius 2 is 2.20 bits per heavy atom. The minimum absolute atomic E-state index is 0.00581. The van der Waals surface area contributed by atoms with Crippen LogP contribution in [0.15, 0.2) is 30.6 Å². The maximum absolute atomic E-state index is 13.2. The fourth-order valence-electron chi connectivity index (χ4n) is 3.19. The summed E-state index contributed by atoms with van der Waals surface area (Å²) in [4.78, 5) is 29.9. The van der Waals surface area contributed by atoms with Gasteiger partial charge in [0.1, 0.15) is 18.2 Å². The van der Waals surface area contributed by atoms with Gasteiger partial charge in [-0.25, -0.2) is 9.37 Å². The number of amides is 2. The third kappa shape index (κ3) is 3.82. The van der Waals surface area contributed by atoms with E-state index in [2.05, 4.69) is 4.98 Å². The molecule has 1 aromatic carbocycles. The molecule has 1 fully saturated rings. The van der Waals surface area contributed by atoms with Crippen LogP contribution in [0, 0.1) is 5.82 Å². The molecular weight excluding hydrogens is 347 g/mol. The highest BCUT2D eigenvalue weighted by Gasteiger charge is 2.29. The van der Waals surface area contributed by atoms with Crippen LogP contribution in [0.2, 0.25) is 5.02 Å². The Labute approximate surface area is 149 Å². The molecule has 2 heterocycles. The van der Waals surface area contributed by atoms with Crippen molar-refractivity contribution >= 4 is 23.4 Å². The van der Waals surface area contributed by atoms with E-state index in [-0.39, 0.29) is 29.0 Å². The van der Waals surface area contributed by atoms with Crippen molar-refractivity contribution in [1.82, 2.24) is 14.5 Å². The first-order chi connectivity index (χ1) is 12.0. The SMILES string of the molecule is NC(=O)Cn1ccnc1[C@H]1CCCN(C(=O)c2ccc(F)cc2Cl)C1. The fraction of sp³-hybridized carbons (Fsp3) is 0.353. The molecule has 1 atom stereocenters. The van der Waals surface area contributed by atoms with Crippen LogP contribution in [0.1, 0.15) is 34.9 Å². The lowest BCUT2D eigenvalue weighted by atomic mass is 9.96. The van der Waals surface area contributed by atoms with Gasteiger partial charge in [-0.2, -0.15) is 0 Å². The van der Waals surface area contributed by atoms with Crippen LogP contribution in [0.5, 0.6) is 0 Å². The molecule has 25 heavy (non-hydrogen) atoms. The Balaban J connectivity index is 1.78. The number of hydrogen-bond acceptors (Lipinski definition) is 3. The number of aromatic nitrogens is 2. The highest BCUT2D eigenvalue weighted by atomic mass is 35.5. The quantitative estimate of drug-likeness (QED) is 0.902. The second-order valence-electron chi connectivity index (χ2n) is 6.09. The highest BCUT2D eigenvalue weighted by molar-refractivity contribution is 6.33. The summed E-state index contributed by atoms with van der Waals surface area (Å²) in [6, 6.07) is 3.76. The number of carbonyl (C=O) groups excluding carboxylic acids is 2. The third-order valence-electron chi connectivity index (χ3n) is 4.31. The monoisotopic (exact) mass is 364 g/mol. The molecule has 3 rings (SSSR count). The molecule has 0 radical (unpaired) electrons. The number of nitrogens with two attached hydrogens (primary N) is 1. The summed E-state index contributed by atoms with van der Waals surface area (Å²) >= 11 is 6.01. The van der Waals surface area contributed by atoms with E-state index in [0.29, 0.717) is 13.1 Å². The Morgan fingerprint density at radius 1 is 1.40 bits per heavy atom. The largest absolute Gasteiger partial charge is 0.368 e. The number of primary amides is 1. The number of imidazole rings is 1. The average molecular weight is 365 g/mol. The second-order valence-corrected chi connectivity index (χ2v) is 6.50. The van der Waals surface area contributed by atoms with E-state index in [9.17, 15) is 14.0 Å². The molecule has 8 heteroatoms. The highest BCUT2D eigenvalue weighted by Crippen LogP contribution is 2.28. The molecular formula is C17H18ClFN4O2. The number of likely N-dealkylation sites (tertiary alicyclic amines) is 1. The predicted molar refractivity (Wildman–Crippen MR) is 90.7 cm³/mol. The number of rotatable bonds is 4. The predicted octanol–water partition coefficient (Wildman–Crippen LogP) is 2.18. The van der Waals surface area contributed by atoms with Gasteiger partial charge in [0.2, 0.25) is 5.91 Å². The molecule has 1 aliphatic rings. The van der Waals surface area contributed by atoms with Gasteiger partial charge in [-0.05, 0) is 31.0 Å². The standard InChI is InChI=1S/C17H18ClFN4O2/c18-14-8-12(19)3-4-13(14)17(25)23-6-1-2-11(9-23)16-21-5-7-22(16)10-15(20)24/h3-5,7-8,11H,1-2,6,9-10H2,(H2,20,24)/t11-/m0/s1. The summed E-state index contributed by atoms with van der Waals surface area (Å²) < 4.78 is 14.9. The lowest BCUT2D eigenvalue weighted by Gasteiger charge is -2.33. The maximum atomic E-state index is 13.2. The van der Waals surface area contributed by atoms with E-state index in [1.54, 1.807) is 21.9 Å². The number of carbonyl (C=O) groups is 2. The van der Waals surface area contributed by atoms with Crippen LogP contribution in [0.25, 0.3) is 0 Å². The van der Waals surface area contributed by atoms with Crippen LogP contribution in [0.4, 0.5) is 4.39 Å². The number of hydrogen-bond donors (Lipinski definition) is 1. The van der Waals surface area contributed by atoms with Crippen molar-refractivity contribution in [2.45, 2.75) is 25.3 Å². The zero-order valence-electron chi connectivity index (χ0n) is 13.5. The van der Waals surface area contributed by atoms with Crippen molar-refractivity contribution in [1.29, 1.82) is 0 Å². The molecule has 0 unspecified atom stereocenters. The lowest BCUT2D eigenvalue weighted by molar-refractivity contribution is -0.118. The van der Waals surface area contributed by atoms with Gasteiger partial charge in [-0.1, -0.05) is 11.6 Å². The van der Waals surface area contributed by atoms with Gasteiger partial charge in [0.05, 0.1) is 10.6 Å². The zero-order valence-corrected chi connectivity index (χ0v) is 14.2. The maximum Gasteiger partial charge on any atom is 0.255 e. The summed E-state index contributed by atoms with van der Waals surface area (Å²) in [7, 11) is 0. The first-order valence-electron chi connectivity index (χ1n) is 7.99. The van der Waals surface area contributed by atoms with E-state index >= 15 is 0 Å². The summed E-state index contributed by atoms with van der Waals surface area (Å²) in [5, 5.41) is 0.0994. The summed E-state index contributed by atoms with van der Waals surface area (Å²) in [5.74, 6) is -0.414. The van der Waals surface area contributed by atoms with Crippen LogP contribution >= 0.6 is 11.6 Å². The van der Waals surface area contributed by atoms with Gasteiger partial charge >= 0.3 is 0 Å². The molecule has 1 saturated heterocycles. The first-order valence-corrected chi connectivity index (χ1v) is 8.37. The van der Waals surface area contributed by atoms with Crippen molar-refractivity contribution in [2.75, 3.05) is 13.1 Å². The van der Waals surface area contributed by atoms with Gasteiger partial charge < -0.3 is 15.2 Å². The van der Waals surface area contributed by atoms with Crippen molar-refractivity contribution in [3.8, 4) is 0 Å². The molecule has 1 aliphatic heterocycles. The first kappa shape index (κ1) is 17.4. The van der Waals surface area contributed by atoms with E-state index in [1.165, 1.54) is 12.1 Å². The zero-order chi connectivity index (χ0) is 18.0. The summed E-state index contributed by atoms with van der Waals surface area (Å²) in [6.07, 6.45) is 4.99. The number of benzene rings is 1. The number of halogens is 2. The smallest absolute Gasteiger partial charge is 0.255 e. The molecule has 0 bridgehead atoms. The van der Waals surface area contributed by atoms with E-state index < -0.39 is 11.7 Å². The van der Waals surface area contributed by atoms with Gasteiger partial charge in [-0.3, -0.25) is 9.59 Å². The molecule has 2 N–H and O–H groups in total. The average Bonchev–Trinajstić information content (AvgIpc) is 3.02. The number of nitrogens with zero attached hydrogens (tertiary/aromatic N) is 3. The van der Waals surface area contributed by atoms with Crippen LogP contribution < -0.4 is 5.73 Å². The van der Waals surface area contributed by atoms with Crippen LogP contribution in [-0.2, 0) is 11.3 Å². The Hall–Kier alpha value is -2.41. The fourth-order valence-corrected chi connectivity index (χ4v) is 3.44. The third-order valence-corrected chi connectivity index (χ3v) is 4.62.